The summed E-state index contributed by atoms with van der Waals surface area (Å²) in [5.41, 5.74) is 0.0622. The third-order valence-electron chi connectivity index (χ3n) is 3.99. The number of carbonyl (C=O) groups excluding carboxylic acids is 1. The van der Waals surface area contributed by atoms with Crippen molar-refractivity contribution in [1.82, 2.24) is 20.0 Å². The van der Waals surface area contributed by atoms with Crippen LogP contribution in [0.25, 0.3) is 0 Å². The molecule has 1 amide bonds. The Hall–Kier alpha value is -3.78. The van der Waals surface area contributed by atoms with E-state index in [2.05, 4.69) is 25.3 Å². The van der Waals surface area contributed by atoms with E-state index in [9.17, 15) is 23.3 Å². The first-order valence-electron chi connectivity index (χ1n) is 8.86. The fourth-order valence-electron chi connectivity index (χ4n) is 2.50. The molecule has 168 valence electrons. The Balaban J connectivity index is 1.58. The lowest BCUT2D eigenvalue weighted by Gasteiger charge is -2.09. The van der Waals surface area contributed by atoms with Crippen LogP contribution in [0.2, 0.25) is 5.15 Å². The summed E-state index contributed by atoms with van der Waals surface area (Å²) < 4.78 is 33.2. The third-order valence-corrected chi connectivity index (χ3v) is 5.56. The second-order valence-electron chi connectivity index (χ2n) is 6.21. The largest absolute Gasteiger partial charge is 0.475 e. The van der Waals surface area contributed by atoms with E-state index in [1.165, 1.54) is 54.4 Å². The number of hydrogen-bond acceptors (Lipinski definition) is 9. The van der Waals surface area contributed by atoms with Gasteiger partial charge in [-0.1, -0.05) is 11.6 Å². The van der Waals surface area contributed by atoms with Gasteiger partial charge in [0.05, 0.1) is 23.5 Å². The van der Waals surface area contributed by atoms with Crippen LogP contribution in [0.3, 0.4) is 0 Å². The Bertz CT molecular complexity index is 1230. The van der Waals surface area contributed by atoms with Gasteiger partial charge in [-0.2, -0.15) is 0 Å². The number of hydrogen-bond donors (Lipinski definition) is 2. The molecule has 0 aliphatic carbocycles. The average Bonchev–Trinajstić information content (AvgIpc) is 3.18. The van der Waals surface area contributed by atoms with Crippen LogP contribution in [-0.2, 0) is 21.4 Å². The van der Waals surface area contributed by atoms with Crippen LogP contribution in [0.4, 0.5) is 17.2 Å². The minimum absolute atomic E-state index is 0.00210. The average molecular weight is 482 g/mol. The van der Waals surface area contributed by atoms with E-state index in [1.54, 1.807) is 0 Å². The van der Waals surface area contributed by atoms with Crippen molar-refractivity contribution in [3.8, 4) is 5.88 Å². The molecule has 0 fully saturated rings. The van der Waals surface area contributed by atoms with Gasteiger partial charge in [0.15, 0.2) is 11.0 Å². The lowest BCUT2D eigenvalue weighted by molar-refractivity contribution is -0.385. The fraction of sp³-hybridized carbons (Fsp3) is 0.176. The molecule has 2 N–H and O–H groups in total. The monoisotopic (exact) mass is 481 g/mol. The molecule has 3 aromatic rings. The number of aromatic nitrogens is 4. The Morgan fingerprint density at radius 1 is 1.22 bits per heavy atom. The van der Waals surface area contributed by atoms with Crippen LogP contribution >= 0.6 is 11.6 Å². The second kappa shape index (κ2) is 9.57. The highest BCUT2D eigenvalue weighted by Gasteiger charge is 2.20. The summed E-state index contributed by atoms with van der Waals surface area (Å²) in [4.78, 5) is 22.4. The summed E-state index contributed by atoms with van der Waals surface area (Å²) in [7, 11) is -2.66. The molecule has 0 saturated heterocycles. The molecule has 0 spiro atoms. The van der Waals surface area contributed by atoms with E-state index in [-0.39, 0.29) is 40.4 Å². The number of nitrogens with one attached hydrogen (secondary N) is 2. The highest BCUT2D eigenvalue weighted by molar-refractivity contribution is 7.92. The molecule has 0 atom stereocenters. The first kappa shape index (κ1) is 22.9. The van der Waals surface area contributed by atoms with Crippen molar-refractivity contribution in [3.05, 3.63) is 57.9 Å². The molecule has 13 nitrogen and oxygen atoms in total. The van der Waals surface area contributed by atoms with Crippen LogP contribution < -0.4 is 14.8 Å². The molecule has 0 unspecified atom stereocenters. The Morgan fingerprint density at radius 3 is 2.50 bits per heavy atom. The molecule has 3 rings (SSSR count). The van der Waals surface area contributed by atoms with E-state index in [4.69, 9.17) is 16.3 Å². The van der Waals surface area contributed by atoms with Crippen LogP contribution in [0, 0.1) is 10.1 Å². The van der Waals surface area contributed by atoms with Gasteiger partial charge in [-0.15, -0.1) is 15.3 Å². The van der Waals surface area contributed by atoms with Gasteiger partial charge in [0.2, 0.25) is 5.91 Å². The van der Waals surface area contributed by atoms with Crippen molar-refractivity contribution < 1.29 is 22.9 Å². The predicted molar refractivity (Wildman–Crippen MR) is 113 cm³/mol. The molecule has 32 heavy (non-hydrogen) atoms. The summed E-state index contributed by atoms with van der Waals surface area (Å²) in [6.07, 6.45) is 1.14. The Morgan fingerprint density at radius 2 is 1.94 bits per heavy atom. The number of halogens is 1. The van der Waals surface area contributed by atoms with Crippen LogP contribution in [0.5, 0.6) is 5.88 Å². The van der Waals surface area contributed by atoms with Crippen molar-refractivity contribution in [2.75, 3.05) is 17.1 Å². The van der Waals surface area contributed by atoms with Gasteiger partial charge in [0.1, 0.15) is 6.20 Å². The molecule has 2 heterocycles. The summed E-state index contributed by atoms with van der Waals surface area (Å²) in [5.74, 6) is -0.542. The molecule has 1 aromatic carbocycles. The molecule has 0 aliphatic rings. The number of ether oxygens (including phenoxy) is 1. The number of benzene rings is 1. The highest BCUT2D eigenvalue weighted by atomic mass is 35.5. The van der Waals surface area contributed by atoms with E-state index in [1.807, 2.05) is 0 Å². The minimum Gasteiger partial charge on any atom is -0.475 e. The van der Waals surface area contributed by atoms with Crippen molar-refractivity contribution in [1.29, 1.82) is 0 Å². The summed E-state index contributed by atoms with van der Waals surface area (Å²) in [5, 5.41) is 24.7. The zero-order valence-electron chi connectivity index (χ0n) is 16.4. The zero-order valence-corrected chi connectivity index (χ0v) is 18.0. The van der Waals surface area contributed by atoms with Gasteiger partial charge in [-0.05, 0) is 36.4 Å². The molecule has 0 radical (unpaired) electrons. The maximum Gasteiger partial charge on any atom is 0.350 e. The molecular weight excluding hydrogens is 466 g/mol. The van der Waals surface area contributed by atoms with Crippen molar-refractivity contribution >= 4 is 44.7 Å². The lowest BCUT2D eigenvalue weighted by atomic mass is 10.3. The van der Waals surface area contributed by atoms with Crippen LogP contribution in [0.15, 0.2) is 47.5 Å². The van der Waals surface area contributed by atoms with Gasteiger partial charge in [-0.3, -0.25) is 24.3 Å². The highest BCUT2D eigenvalue weighted by Crippen LogP contribution is 2.24. The summed E-state index contributed by atoms with van der Waals surface area (Å²) >= 11 is 5.62. The molecule has 0 saturated carbocycles. The second-order valence-corrected chi connectivity index (χ2v) is 8.28. The number of anilines is 2. The smallest absolute Gasteiger partial charge is 0.350 e. The SMILES string of the molecule is COc1nn(CCC(=O)Nc2ccc(S(=O)(=O)Nc3ccc(Cl)nn3)cc2)cc1[N+](=O)[O-]. The van der Waals surface area contributed by atoms with E-state index < -0.39 is 20.9 Å². The van der Waals surface area contributed by atoms with Gasteiger partial charge < -0.3 is 10.1 Å². The molecule has 0 bridgehead atoms. The van der Waals surface area contributed by atoms with Crippen molar-refractivity contribution in [2.24, 2.45) is 0 Å². The zero-order chi connectivity index (χ0) is 23.3. The number of aryl methyl sites for hydroxylation is 1. The number of sulfonamides is 1. The van der Waals surface area contributed by atoms with Gasteiger partial charge in [0.25, 0.3) is 10.0 Å². The number of methoxy groups -OCH3 is 1. The Labute approximate surface area is 186 Å². The number of nitro groups is 1. The van der Waals surface area contributed by atoms with Crippen LogP contribution in [-0.4, -0.2) is 46.3 Å². The first-order chi connectivity index (χ1) is 15.2. The van der Waals surface area contributed by atoms with Gasteiger partial charge in [-0.25, -0.2) is 8.42 Å². The minimum atomic E-state index is -3.92. The van der Waals surface area contributed by atoms with E-state index >= 15 is 0 Å². The number of rotatable bonds is 9. The van der Waals surface area contributed by atoms with Crippen molar-refractivity contribution in [2.45, 2.75) is 17.9 Å². The topological polar surface area (TPSA) is 171 Å². The predicted octanol–water partition coefficient (Wildman–Crippen LogP) is 2.07. The van der Waals surface area contributed by atoms with Gasteiger partial charge in [0, 0.05) is 12.1 Å². The fourth-order valence-corrected chi connectivity index (χ4v) is 3.60. The van der Waals surface area contributed by atoms with E-state index in [0.717, 1.165) is 0 Å². The molecule has 0 aliphatic heterocycles. The van der Waals surface area contributed by atoms with Crippen LogP contribution in [0.1, 0.15) is 6.42 Å². The summed E-state index contributed by atoms with van der Waals surface area (Å²) in [6, 6.07) is 8.21. The van der Waals surface area contributed by atoms with Crippen molar-refractivity contribution in [3.63, 3.8) is 0 Å². The number of carbonyl (C=O) groups is 1. The standard InChI is InChI=1S/C17H16ClN7O6S/c1-31-17-13(25(27)28)10-24(22-17)9-8-16(26)19-11-2-4-12(5-3-11)32(29,30)23-15-7-6-14(18)20-21-15/h2-7,10H,8-9H2,1H3,(H,19,26)(H,21,23). The normalized spacial score (nSPS) is 11.1. The first-order valence-corrected chi connectivity index (χ1v) is 10.7. The van der Waals surface area contributed by atoms with E-state index in [0.29, 0.717) is 5.69 Å². The molecular formula is C17H16ClN7O6S. The quantitative estimate of drug-likeness (QED) is 0.342. The summed E-state index contributed by atoms with van der Waals surface area (Å²) in [6.45, 7) is 0.0779. The van der Waals surface area contributed by atoms with Gasteiger partial charge >= 0.3 is 11.6 Å². The molecule has 15 heteroatoms. The maximum atomic E-state index is 12.4. The number of nitrogens with zero attached hydrogens (tertiary/aromatic N) is 5. The third kappa shape index (κ3) is 5.67. The Kier molecular flexibility index (Phi) is 6.85. The lowest BCUT2D eigenvalue weighted by Crippen LogP contribution is -2.16. The maximum absolute atomic E-state index is 12.4. The molecule has 2 aromatic heterocycles. The number of amides is 1.